The molecule has 0 aromatic heterocycles. The maximum Gasteiger partial charge on any atom is 0.344 e. The van der Waals surface area contributed by atoms with E-state index in [0.717, 1.165) is 25.1 Å². The fourth-order valence-electron chi connectivity index (χ4n) is 3.08. The van der Waals surface area contributed by atoms with Crippen LogP contribution in [0.5, 0.6) is 5.75 Å². The van der Waals surface area contributed by atoms with Crippen LogP contribution in [0.2, 0.25) is 0 Å². The number of nitrogens with one attached hydrogen (secondary N) is 1. The van der Waals surface area contributed by atoms with Gasteiger partial charge in [0.25, 0.3) is 5.91 Å². The van der Waals surface area contributed by atoms with E-state index < -0.39 is 11.9 Å². The summed E-state index contributed by atoms with van der Waals surface area (Å²) in [5.41, 5.74) is 2.31. The molecular weight excluding hydrogens is 372 g/mol. The van der Waals surface area contributed by atoms with Gasteiger partial charge in [-0.05, 0) is 67.8 Å². The fourth-order valence-corrected chi connectivity index (χ4v) is 3.08. The van der Waals surface area contributed by atoms with Crippen LogP contribution in [-0.4, -0.2) is 44.5 Å². The zero-order valence-corrected chi connectivity index (χ0v) is 16.1. The Bertz CT molecular complexity index is 827. The van der Waals surface area contributed by atoms with E-state index in [1.165, 1.54) is 19.3 Å². The highest BCUT2D eigenvalue weighted by atomic mass is 16.6. The average Bonchev–Trinajstić information content (AvgIpc) is 2.78. The predicted molar refractivity (Wildman–Crippen MR) is 109 cm³/mol. The van der Waals surface area contributed by atoms with Gasteiger partial charge in [0, 0.05) is 30.0 Å². The molecular formula is C22H24N2O5. The minimum Gasteiger partial charge on any atom is -0.482 e. The van der Waals surface area contributed by atoms with Crippen LogP contribution < -0.4 is 15.0 Å². The van der Waals surface area contributed by atoms with Crippen LogP contribution in [0.25, 0.3) is 0 Å². The Hall–Kier alpha value is -3.35. The molecule has 2 aromatic rings. The Labute approximate surface area is 169 Å². The molecule has 0 saturated carbocycles. The second kappa shape index (κ2) is 10.3. The SMILES string of the molecule is O=Cc1ccc(OCC(=O)OCC(=O)Nc2ccc(N3CCCCC3)cc2)cc1. The lowest BCUT2D eigenvalue weighted by atomic mass is 10.1. The minimum absolute atomic E-state index is 0.321. The van der Waals surface area contributed by atoms with Crippen molar-refractivity contribution >= 4 is 29.5 Å². The summed E-state index contributed by atoms with van der Waals surface area (Å²) in [5, 5.41) is 2.71. The van der Waals surface area contributed by atoms with E-state index in [9.17, 15) is 14.4 Å². The molecule has 1 N–H and O–H groups in total. The van der Waals surface area contributed by atoms with Gasteiger partial charge in [0.1, 0.15) is 12.0 Å². The number of hydrogen-bond donors (Lipinski definition) is 1. The van der Waals surface area contributed by atoms with Crippen molar-refractivity contribution in [1.82, 2.24) is 0 Å². The van der Waals surface area contributed by atoms with E-state index in [4.69, 9.17) is 9.47 Å². The lowest BCUT2D eigenvalue weighted by Gasteiger charge is -2.28. The van der Waals surface area contributed by atoms with Crippen LogP contribution in [0.1, 0.15) is 29.6 Å². The fraction of sp³-hybridized carbons (Fsp3) is 0.318. The molecule has 7 nitrogen and oxygen atoms in total. The molecule has 1 aliphatic heterocycles. The first-order chi connectivity index (χ1) is 14.1. The molecule has 0 unspecified atom stereocenters. The van der Waals surface area contributed by atoms with Gasteiger partial charge in [-0.1, -0.05) is 0 Å². The maximum atomic E-state index is 12.0. The molecule has 1 saturated heterocycles. The maximum absolute atomic E-state index is 12.0. The number of nitrogens with zero attached hydrogens (tertiary/aromatic N) is 1. The summed E-state index contributed by atoms with van der Waals surface area (Å²) in [6.45, 7) is 1.41. The van der Waals surface area contributed by atoms with Crippen molar-refractivity contribution in [3.63, 3.8) is 0 Å². The normalized spacial score (nSPS) is 13.4. The molecule has 0 radical (unpaired) electrons. The molecule has 0 spiro atoms. The summed E-state index contributed by atoms with van der Waals surface area (Å²) in [7, 11) is 0. The van der Waals surface area contributed by atoms with E-state index in [0.29, 0.717) is 17.0 Å². The molecule has 0 aliphatic carbocycles. The second-order valence-corrected chi connectivity index (χ2v) is 6.78. The van der Waals surface area contributed by atoms with Gasteiger partial charge < -0.3 is 19.7 Å². The third kappa shape index (κ3) is 6.34. The van der Waals surface area contributed by atoms with Crippen LogP contribution in [0.3, 0.4) is 0 Å². The summed E-state index contributed by atoms with van der Waals surface area (Å²) in [6.07, 6.45) is 4.41. The van der Waals surface area contributed by atoms with Crippen molar-refractivity contribution < 1.29 is 23.9 Å². The summed E-state index contributed by atoms with van der Waals surface area (Å²) in [6, 6.07) is 14.0. The monoisotopic (exact) mass is 396 g/mol. The molecule has 1 heterocycles. The highest BCUT2D eigenvalue weighted by Crippen LogP contribution is 2.21. The Balaban J connectivity index is 1.38. The molecule has 2 aromatic carbocycles. The van der Waals surface area contributed by atoms with Gasteiger partial charge in [0.2, 0.25) is 0 Å². The van der Waals surface area contributed by atoms with Gasteiger partial charge in [0.15, 0.2) is 13.2 Å². The van der Waals surface area contributed by atoms with Gasteiger partial charge in [-0.2, -0.15) is 0 Å². The zero-order valence-electron chi connectivity index (χ0n) is 16.1. The topological polar surface area (TPSA) is 84.9 Å². The van der Waals surface area contributed by atoms with Crippen LogP contribution in [0, 0.1) is 0 Å². The number of benzene rings is 2. The van der Waals surface area contributed by atoms with Gasteiger partial charge in [-0.15, -0.1) is 0 Å². The van der Waals surface area contributed by atoms with Crippen molar-refractivity contribution in [2.45, 2.75) is 19.3 Å². The number of piperidine rings is 1. The predicted octanol–water partition coefficient (Wildman–Crippen LogP) is 3.05. The van der Waals surface area contributed by atoms with Crippen molar-refractivity contribution in [3.8, 4) is 5.75 Å². The van der Waals surface area contributed by atoms with Crippen LogP contribution in [0.4, 0.5) is 11.4 Å². The lowest BCUT2D eigenvalue weighted by molar-refractivity contribution is -0.149. The number of amides is 1. The molecule has 1 fully saturated rings. The van der Waals surface area contributed by atoms with Gasteiger partial charge >= 0.3 is 5.97 Å². The summed E-state index contributed by atoms with van der Waals surface area (Å²) >= 11 is 0. The van der Waals surface area contributed by atoms with E-state index >= 15 is 0 Å². The smallest absolute Gasteiger partial charge is 0.344 e. The van der Waals surface area contributed by atoms with Crippen LogP contribution in [0.15, 0.2) is 48.5 Å². The molecule has 0 atom stereocenters. The molecule has 3 rings (SSSR count). The zero-order chi connectivity index (χ0) is 20.5. The Morgan fingerprint density at radius 2 is 1.62 bits per heavy atom. The summed E-state index contributed by atoms with van der Waals surface area (Å²) < 4.78 is 10.2. The average molecular weight is 396 g/mol. The van der Waals surface area contributed by atoms with E-state index in [2.05, 4.69) is 10.2 Å². The van der Waals surface area contributed by atoms with Crippen molar-refractivity contribution in [2.24, 2.45) is 0 Å². The quantitative estimate of drug-likeness (QED) is 0.545. The highest BCUT2D eigenvalue weighted by Gasteiger charge is 2.12. The first-order valence-electron chi connectivity index (χ1n) is 9.62. The third-order valence-electron chi connectivity index (χ3n) is 4.61. The molecule has 29 heavy (non-hydrogen) atoms. The number of ether oxygens (including phenoxy) is 2. The summed E-state index contributed by atoms with van der Waals surface area (Å²) in [5.74, 6) is -0.634. The van der Waals surface area contributed by atoms with Gasteiger partial charge in [-0.3, -0.25) is 9.59 Å². The number of carbonyl (C=O) groups excluding carboxylic acids is 3. The number of rotatable bonds is 8. The number of anilines is 2. The minimum atomic E-state index is -0.653. The molecule has 152 valence electrons. The van der Waals surface area contributed by atoms with Gasteiger partial charge in [-0.25, -0.2) is 4.79 Å². The highest BCUT2D eigenvalue weighted by molar-refractivity contribution is 5.93. The number of carbonyl (C=O) groups is 3. The van der Waals surface area contributed by atoms with Crippen LogP contribution >= 0.6 is 0 Å². The Morgan fingerprint density at radius 1 is 0.931 bits per heavy atom. The second-order valence-electron chi connectivity index (χ2n) is 6.78. The lowest BCUT2D eigenvalue weighted by Crippen LogP contribution is -2.29. The van der Waals surface area contributed by atoms with Gasteiger partial charge in [0.05, 0.1) is 0 Å². The van der Waals surface area contributed by atoms with E-state index in [1.54, 1.807) is 24.3 Å². The molecule has 7 heteroatoms. The van der Waals surface area contributed by atoms with Crippen molar-refractivity contribution in [2.75, 3.05) is 36.5 Å². The van der Waals surface area contributed by atoms with Crippen molar-refractivity contribution in [3.05, 3.63) is 54.1 Å². The third-order valence-corrected chi connectivity index (χ3v) is 4.61. The molecule has 0 bridgehead atoms. The van der Waals surface area contributed by atoms with Crippen molar-refractivity contribution in [1.29, 1.82) is 0 Å². The standard InChI is InChI=1S/C22H24N2O5/c25-14-17-4-10-20(11-5-17)28-16-22(27)29-15-21(26)23-18-6-8-19(9-7-18)24-12-2-1-3-13-24/h4-11,14H,1-3,12-13,15-16H2,(H,23,26). The number of esters is 1. The first kappa shape index (κ1) is 20.4. The van der Waals surface area contributed by atoms with E-state index in [-0.39, 0.29) is 13.2 Å². The number of hydrogen-bond acceptors (Lipinski definition) is 6. The Morgan fingerprint density at radius 3 is 2.28 bits per heavy atom. The summed E-state index contributed by atoms with van der Waals surface area (Å²) in [4.78, 5) is 36.6. The molecule has 1 amide bonds. The Kier molecular flexibility index (Phi) is 7.22. The first-order valence-corrected chi connectivity index (χ1v) is 9.62. The van der Waals surface area contributed by atoms with Crippen LogP contribution in [-0.2, 0) is 14.3 Å². The number of aldehydes is 1. The molecule has 1 aliphatic rings. The van der Waals surface area contributed by atoms with E-state index in [1.807, 2.05) is 24.3 Å². The largest absolute Gasteiger partial charge is 0.482 e.